The van der Waals surface area contributed by atoms with Gasteiger partial charge in [-0.3, -0.25) is 0 Å². The van der Waals surface area contributed by atoms with Crippen LogP contribution in [0.25, 0.3) is 0 Å². The van der Waals surface area contributed by atoms with E-state index in [1.165, 1.54) is 0 Å². The Hall–Kier alpha value is -0.733. The van der Waals surface area contributed by atoms with Gasteiger partial charge >= 0.3 is 14.8 Å². The summed E-state index contributed by atoms with van der Waals surface area (Å²) >= 11 is 0. The Kier molecular flexibility index (Phi) is 10.2. The van der Waals surface area contributed by atoms with Crippen LogP contribution in [-0.2, 0) is 22.8 Å². The van der Waals surface area contributed by atoms with Gasteiger partial charge < -0.3 is 23.5 Å². The molecule has 0 unspecified atom stereocenters. The van der Waals surface area contributed by atoms with Gasteiger partial charge in [0.15, 0.2) is 0 Å². The minimum absolute atomic E-state index is 0. The molecule has 0 rings (SSSR count). The quantitative estimate of drug-likeness (QED) is 0.277. The van der Waals surface area contributed by atoms with E-state index < -0.39 is 8.80 Å². The maximum absolute atomic E-state index is 11.1. The zero-order valence-corrected chi connectivity index (χ0v) is 11.9. The zero-order chi connectivity index (χ0) is 12.6. The van der Waals surface area contributed by atoms with E-state index in [4.69, 9.17) is 18.0 Å². The van der Waals surface area contributed by atoms with Gasteiger partial charge in [-0.25, -0.2) is 4.79 Å². The number of ether oxygens (including phenoxy) is 1. The predicted molar refractivity (Wildman–Crippen MR) is 65.6 cm³/mol. The molecule has 0 aliphatic heterocycles. The van der Waals surface area contributed by atoms with Crippen LogP contribution in [-0.4, -0.2) is 48.2 Å². The van der Waals surface area contributed by atoms with E-state index in [0.717, 1.165) is 0 Å². The molecular weight excluding hydrogens is 244 g/mol. The van der Waals surface area contributed by atoms with Crippen molar-refractivity contribution in [3.8, 4) is 0 Å². The van der Waals surface area contributed by atoms with Gasteiger partial charge in [-0.05, 0) is 13.3 Å². The molecule has 0 bridgehead atoms. The molecule has 102 valence electrons. The molecule has 7 heteroatoms. The molecule has 6 nitrogen and oxygen atoms in total. The molecule has 2 N–H and O–H groups in total. The van der Waals surface area contributed by atoms with Crippen molar-refractivity contribution >= 4 is 14.8 Å². The fourth-order valence-corrected chi connectivity index (χ4v) is 2.82. The smallest absolute Gasteiger partial charge is 0.462 e. The molecule has 0 saturated heterocycles. The molecule has 0 fully saturated rings. The van der Waals surface area contributed by atoms with Crippen LogP contribution in [0.15, 0.2) is 12.2 Å². The largest absolute Gasteiger partial charge is 0.500 e. The first-order valence-electron chi connectivity index (χ1n) is 4.99. The lowest BCUT2D eigenvalue weighted by Gasteiger charge is -2.24. The maximum Gasteiger partial charge on any atom is 0.500 e. The zero-order valence-electron chi connectivity index (χ0n) is 10.9. The minimum Gasteiger partial charge on any atom is -0.462 e. The summed E-state index contributed by atoms with van der Waals surface area (Å²) in [6.45, 7) is 5.42. The highest BCUT2D eigenvalue weighted by Gasteiger charge is 2.36. The second kappa shape index (κ2) is 9.31. The van der Waals surface area contributed by atoms with Crippen molar-refractivity contribution in [2.24, 2.45) is 0 Å². The van der Waals surface area contributed by atoms with E-state index in [1.807, 2.05) is 0 Å². The molecule has 17 heavy (non-hydrogen) atoms. The molecule has 0 aromatic carbocycles. The van der Waals surface area contributed by atoms with E-state index in [-0.39, 0.29) is 11.4 Å². The summed E-state index contributed by atoms with van der Waals surface area (Å²) in [5, 5.41) is 0. The second-order valence-electron chi connectivity index (χ2n) is 3.32. The topological polar surface area (TPSA) is 85.5 Å². The summed E-state index contributed by atoms with van der Waals surface area (Å²) < 4.78 is 20.6. The van der Waals surface area contributed by atoms with Crippen LogP contribution in [0.5, 0.6) is 0 Å². The van der Waals surface area contributed by atoms with Crippen molar-refractivity contribution in [1.29, 1.82) is 0 Å². The van der Waals surface area contributed by atoms with E-state index in [0.29, 0.717) is 24.6 Å². The van der Waals surface area contributed by atoms with Crippen LogP contribution in [0, 0.1) is 0 Å². The van der Waals surface area contributed by atoms with Crippen LogP contribution < -0.4 is 0 Å². The standard InChI is InChI=1S/C10H20O5Si.H2O/c1-9(2)10(11)15-7-6-8-16(12-3,13-4)14-5;/h1,6-8H2,2-5H3;1H2. The number of hydrogen-bond acceptors (Lipinski definition) is 5. The molecule has 0 spiro atoms. The van der Waals surface area contributed by atoms with E-state index in [9.17, 15) is 4.79 Å². The van der Waals surface area contributed by atoms with Gasteiger partial charge in [0.05, 0.1) is 6.61 Å². The van der Waals surface area contributed by atoms with Gasteiger partial charge in [0.25, 0.3) is 0 Å². The summed E-state index contributed by atoms with van der Waals surface area (Å²) in [7, 11) is 2.13. The number of rotatable bonds is 8. The first-order valence-corrected chi connectivity index (χ1v) is 6.92. The average molecular weight is 266 g/mol. The average Bonchev–Trinajstić information content (AvgIpc) is 2.30. The molecule has 0 atom stereocenters. The molecule has 0 radical (unpaired) electrons. The lowest BCUT2D eigenvalue weighted by atomic mass is 10.4. The van der Waals surface area contributed by atoms with Crippen LogP contribution in [0.2, 0.25) is 6.04 Å². The molecule has 0 aromatic heterocycles. The summed E-state index contributed by atoms with van der Waals surface area (Å²) in [4.78, 5) is 11.1. The Morgan fingerprint density at radius 1 is 1.18 bits per heavy atom. The Balaban J connectivity index is 0. The van der Waals surface area contributed by atoms with Crippen LogP contribution in [0.3, 0.4) is 0 Å². The van der Waals surface area contributed by atoms with Gasteiger partial charge in [0, 0.05) is 32.9 Å². The first kappa shape index (κ1) is 18.6. The third kappa shape index (κ3) is 6.54. The molecule has 0 saturated carbocycles. The number of carbonyl (C=O) groups is 1. The Labute approximate surface area is 103 Å². The van der Waals surface area contributed by atoms with Gasteiger partial charge in [0.2, 0.25) is 0 Å². The van der Waals surface area contributed by atoms with E-state index in [1.54, 1.807) is 28.3 Å². The Morgan fingerprint density at radius 3 is 2.00 bits per heavy atom. The van der Waals surface area contributed by atoms with Crippen LogP contribution >= 0.6 is 0 Å². The van der Waals surface area contributed by atoms with E-state index in [2.05, 4.69) is 6.58 Å². The molecule has 0 amide bonds. The molecule has 0 aliphatic rings. The summed E-state index contributed by atoms with van der Waals surface area (Å²) in [6.07, 6.45) is 0.640. The first-order chi connectivity index (χ1) is 7.51. The fraction of sp³-hybridized carbons (Fsp3) is 0.700. The number of hydrogen-bond donors (Lipinski definition) is 0. The third-order valence-corrected chi connectivity index (χ3v) is 4.97. The number of esters is 1. The van der Waals surface area contributed by atoms with E-state index >= 15 is 0 Å². The van der Waals surface area contributed by atoms with Crippen molar-refractivity contribution in [2.75, 3.05) is 27.9 Å². The maximum atomic E-state index is 11.1. The monoisotopic (exact) mass is 266 g/mol. The molecular formula is C10H22O6Si. The number of carbonyl (C=O) groups excluding carboxylic acids is 1. The molecule has 0 aromatic rings. The lowest BCUT2D eigenvalue weighted by molar-refractivity contribution is -0.139. The molecule has 0 heterocycles. The lowest BCUT2D eigenvalue weighted by Crippen LogP contribution is -2.42. The second-order valence-corrected chi connectivity index (χ2v) is 6.41. The summed E-state index contributed by atoms with van der Waals surface area (Å²) in [6, 6.07) is 0.611. The van der Waals surface area contributed by atoms with Gasteiger partial charge in [-0.2, -0.15) is 0 Å². The van der Waals surface area contributed by atoms with Crippen molar-refractivity contribution < 1.29 is 28.3 Å². The fourth-order valence-electron chi connectivity index (χ4n) is 1.13. The summed E-state index contributed by atoms with van der Waals surface area (Å²) in [5.41, 5.74) is 0.397. The SMILES string of the molecule is C=C(C)C(=O)OCCC[Si](OC)(OC)OC.O. The van der Waals surface area contributed by atoms with Crippen molar-refractivity contribution in [3.63, 3.8) is 0 Å². The third-order valence-electron chi connectivity index (χ3n) is 2.14. The minimum atomic E-state index is -2.53. The van der Waals surface area contributed by atoms with Gasteiger partial charge in [-0.1, -0.05) is 6.58 Å². The van der Waals surface area contributed by atoms with Crippen LogP contribution in [0.4, 0.5) is 0 Å². The molecule has 0 aliphatic carbocycles. The highest BCUT2D eigenvalue weighted by Crippen LogP contribution is 2.14. The Morgan fingerprint density at radius 2 is 1.65 bits per heavy atom. The van der Waals surface area contributed by atoms with Gasteiger partial charge in [0.1, 0.15) is 0 Å². The van der Waals surface area contributed by atoms with Crippen molar-refractivity contribution in [3.05, 3.63) is 12.2 Å². The van der Waals surface area contributed by atoms with Crippen LogP contribution in [0.1, 0.15) is 13.3 Å². The van der Waals surface area contributed by atoms with Gasteiger partial charge in [-0.15, -0.1) is 0 Å². The predicted octanol–water partition coefficient (Wildman–Crippen LogP) is 0.549. The normalized spacial score (nSPS) is 10.6. The van der Waals surface area contributed by atoms with Crippen molar-refractivity contribution in [1.82, 2.24) is 0 Å². The summed E-state index contributed by atoms with van der Waals surface area (Å²) in [5.74, 6) is -0.375. The highest BCUT2D eigenvalue weighted by atomic mass is 28.4. The Bertz CT molecular complexity index is 231. The highest BCUT2D eigenvalue weighted by molar-refractivity contribution is 6.60. The van der Waals surface area contributed by atoms with Crippen molar-refractivity contribution in [2.45, 2.75) is 19.4 Å².